The Morgan fingerprint density at radius 3 is 2.75 bits per heavy atom. The van der Waals surface area contributed by atoms with E-state index in [-0.39, 0.29) is 18.4 Å². The lowest BCUT2D eigenvalue weighted by atomic mass is 10.1. The Kier molecular flexibility index (Phi) is 4.64. The fourth-order valence-corrected chi connectivity index (χ4v) is 3.24. The van der Waals surface area contributed by atoms with Crippen molar-refractivity contribution in [3.8, 4) is 0 Å². The van der Waals surface area contributed by atoms with Crippen LogP contribution in [0.5, 0.6) is 0 Å². The number of carboxylic acid groups (broad SMARTS) is 1. The normalized spacial score (nSPS) is 17.2. The quantitative estimate of drug-likeness (QED) is 0.914. The molecule has 3 rings (SSSR count). The minimum absolute atomic E-state index is 0.00292. The van der Waals surface area contributed by atoms with E-state index in [9.17, 15) is 9.59 Å². The van der Waals surface area contributed by atoms with Crippen LogP contribution in [0.2, 0.25) is 0 Å². The third kappa shape index (κ3) is 3.32. The molecule has 1 atom stereocenters. The summed E-state index contributed by atoms with van der Waals surface area (Å²) in [7, 11) is 0. The van der Waals surface area contributed by atoms with E-state index in [1.807, 2.05) is 41.9 Å². The summed E-state index contributed by atoms with van der Waals surface area (Å²) in [6.07, 6.45) is 3.19. The van der Waals surface area contributed by atoms with Crippen molar-refractivity contribution in [3.05, 3.63) is 53.3 Å². The second-order valence-corrected chi connectivity index (χ2v) is 6.18. The van der Waals surface area contributed by atoms with Crippen molar-refractivity contribution < 1.29 is 14.7 Å². The van der Waals surface area contributed by atoms with Gasteiger partial charge in [0.1, 0.15) is 0 Å². The Hall–Kier alpha value is -2.63. The predicted molar refractivity (Wildman–Crippen MR) is 88.8 cm³/mol. The van der Waals surface area contributed by atoms with Gasteiger partial charge in [0.05, 0.1) is 24.7 Å². The van der Waals surface area contributed by atoms with Crippen molar-refractivity contribution in [3.63, 3.8) is 0 Å². The van der Waals surface area contributed by atoms with Crippen molar-refractivity contribution in [1.82, 2.24) is 14.7 Å². The van der Waals surface area contributed by atoms with Crippen molar-refractivity contribution >= 4 is 11.9 Å². The number of rotatable bonds is 5. The van der Waals surface area contributed by atoms with E-state index in [1.54, 1.807) is 11.1 Å². The molecule has 1 N–H and O–H groups in total. The van der Waals surface area contributed by atoms with Crippen LogP contribution >= 0.6 is 0 Å². The molecule has 0 saturated carbocycles. The van der Waals surface area contributed by atoms with Crippen LogP contribution in [0.3, 0.4) is 0 Å². The van der Waals surface area contributed by atoms with E-state index in [0.29, 0.717) is 18.7 Å². The third-order valence-corrected chi connectivity index (χ3v) is 4.56. The van der Waals surface area contributed by atoms with Gasteiger partial charge in [-0.15, -0.1) is 0 Å². The molecule has 24 heavy (non-hydrogen) atoms. The highest BCUT2D eigenvalue weighted by atomic mass is 16.4. The lowest BCUT2D eigenvalue weighted by Crippen LogP contribution is -2.37. The number of carboxylic acids is 1. The van der Waals surface area contributed by atoms with Gasteiger partial charge in [-0.05, 0) is 25.3 Å². The molecule has 1 aliphatic rings. The van der Waals surface area contributed by atoms with E-state index >= 15 is 0 Å². The molecule has 1 unspecified atom stereocenters. The van der Waals surface area contributed by atoms with E-state index in [1.165, 1.54) is 0 Å². The lowest BCUT2D eigenvalue weighted by molar-refractivity contribution is -0.137. The van der Waals surface area contributed by atoms with Crippen LogP contribution in [0.25, 0.3) is 0 Å². The molecule has 1 amide bonds. The summed E-state index contributed by atoms with van der Waals surface area (Å²) in [5.41, 5.74) is 2.49. The van der Waals surface area contributed by atoms with Gasteiger partial charge in [0.25, 0.3) is 5.91 Å². The number of carbonyl (C=O) groups excluding carboxylic acids is 1. The van der Waals surface area contributed by atoms with Crippen LogP contribution in [-0.4, -0.2) is 44.3 Å². The molecule has 6 heteroatoms. The van der Waals surface area contributed by atoms with Gasteiger partial charge in [-0.25, -0.2) is 0 Å². The van der Waals surface area contributed by atoms with Gasteiger partial charge in [0.15, 0.2) is 0 Å². The molecule has 1 saturated heterocycles. The molecule has 1 fully saturated rings. The Labute approximate surface area is 140 Å². The fraction of sp³-hybridized carbons (Fsp3) is 0.389. The second kappa shape index (κ2) is 6.86. The molecule has 2 heterocycles. The number of nitrogens with zero attached hydrogens (tertiary/aromatic N) is 3. The Balaban J connectivity index is 1.77. The molecule has 0 bridgehead atoms. The van der Waals surface area contributed by atoms with Crippen LogP contribution in [-0.2, 0) is 11.3 Å². The molecule has 0 radical (unpaired) electrons. The maximum Gasteiger partial charge on any atom is 0.305 e. The largest absolute Gasteiger partial charge is 0.481 e. The van der Waals surface area contributed by atoms with Gasteiger partial charge in [-0.2, -0.15) is 5.10 Å². The zero-order chi connectivity index (χ0) is 17.1. The SMILES string of the molecule is Cc1c(C(=O)N2CCCC2CC(=O)O)cnn1Cc1ccccc1. The van der Waals surface area contributed by atoms with Gasteiger partial charge < -0.3 is 10.0 Å². The molecule has 126 valence electrons. The molecule has 0 aliphatic carbocycles. The molecule has 1 aliphatic heterocycles. The molecule has 1 aromatic carbocycles. The van der Waals surface area contributed by atoms with E-state index in [4.69, 9.17) is 5.11 Å². The van der Waals surface area contributed by atoms with Crippen LogP contribution in [0.1, 0.15) is 40.9 Å². The minimum atomic E-state index is -0.865. The molecule has 1 aromatic heterocycles. The smallest absolute Gasteiger partial charge is 0.305 e. The summed E-state index contributed by atoms with van der Waals surface area (Å²) in [5, 5.41) is 13.4. The van der Waals surface area contributed by atoms with E-state index < -0.39 is 5.97 Å². The minimum Gasteiger partial charge on any atom is -0.481 e. The van der Waals surface area contributed by atoms with Crippen molar-refractivity contribution in [1.29, 1.82) is 0 Å². The third-order valence-electron chi connectivity index (χ3n) is 4.56. The highest BCUT2D eigenvalue weighted by Gasteiger charge is 2.32. The lowest BCUT2D eigenvalue weighted by Gasteiger charge is -2.23. The number of carbonyl (C=O) groups is 2. The summed E-state index contributed by atoms with van der Waals surface area (Å²) >= 11 is 0. The maximum atomic E-state index is 12.8. The summed E-state index contributed by atoms with van der Waals surface area (Å²) < 4.78 is 1.81. The zero-order valence-corrected chi connectivity index (χ0v) is 13.7. The van der Waals surface area contributed by atoms with Crippen molar-refractivity contribution in [2.24, 2.45) is 0 Å². The Morgan fingerprint density at radius 1 is 1.29 bits per heavy atom. The van der Waals surface area contributed by atoms with Gasteiger partial charge in [-0.3, -0.25) is 14.3 Å². The fourth-order valence-electron chi connectivity index (χ4n) is 3.24. The zero-order valence-electron chi connectivity index (χ0n) is 13.7. The van der Waals surface area contributed by atoms with Crippen LogP contribution < -0.4 is 0 Å². The predicted octanol–water partition coefficient (Wildman–Crippen LogP) is 2.32. The number of amides is 1. The first kappa shape index (κ1) is 16.2. The summed E-state index contributed by atoms with van der Waals surface area (Å²) in [6, 6.07) is 9.73. The van der Waals surface area contributed by atoms with E-state index in [2.05, 4.69) is 5.10 Å². The number of likely N-dealkylation sites (tertiary alicyclic amines) is 1. The molecular weight excluding hydrogens is 306 g/mol. The summed E-state index contributed by atoms with van der Waals surface area (Å²) in [4.78, 5) is 25.5. The standard InChI is InChI=1S/C18H21N3O3/c1-13-16(11-19-21(13)12-14-6-3-2-4-7-14)18(24)20-9-5-8-15(20)10-17(22)23/h2-4,6-7,11,15H,5,8-10,12H2,1H3,(H,22,23). The number of hydrogen-bond acceptors (Lipinski definition) is 3. The molecule has 6 nitrogen and oxygen atoms in total. The second-order valence-electron chi connectivity index (χ2n) is 6.18. The number of benzene rings is 1. The number of hydrogen-bond donors (Lipinski definition) is 1. The highest BCUT2D eigenvalue weighted by Crippen LogP contribution is 2.23. The first-order chi connectivity index (χ1) is 11.6. The van der Waals surface area contributed by atoms with Gasteiger partial charge in [0.2, 0.25) is 0 Å². The number of aromatic nitrogens is 2. The van der Waals surface area contributed by atoms with Crippen LogP contribution in [0, 0.1) is 6.92 Å². The molecule has 0 spiro atoms. The van der Waals surface area contributed by atoms with Crippen LogP contribution in [0.15, 0.2) is 36.5 Å². The van der Waals surface area contributed by atoms with Crippen LogP contribution in [0.4, 0.5) is 0 Å². The molecule has 2 aromatic rings. The number of aliphatic carboxylic acids is 1. The van der Waals surface area contributed by atoms with Crippen molar-refractivity contribution in [2.45, 2.75) is 38.8 Å². The highest BCUT2D eigenvalue weighted by molar-refractivity contribution is 5.95. The Bertz CT molecular complexity index is 739. The molecular formula is C18H21N3O3. The van der Waals surface area contributed by atoms with Gasteiger partial charge >= 0.3 is 5.97 Å². The maximum absolute atomic E-state index is 12.8. The monoisotopic (exact) mass is 327 g/mol. The topological polar surface area (TPSA) is 75.4 Å². The van der Waals surface area contributed by atoms with Crippen molar-refractivity contribution in [2.75, 3.05) is 6.54 Å². The summed E-state index contributed by atoms with van der Waals surface area (Å²) in [5.74, 6) is -0.980. The summed E-state index contributed by atoms with van der Waals surface area (Å²) in [6.45, 7) is 3.10. The first-order valence-electron chi connectivity index (χ1n) is 8.15. The first-order valence-corrected chi connectivity index (χ1v) is 8.15. The average molecular weight is 327 g/mol. The Morgan fingerprint density at radius 2 is 2.04 bits per heavy atom. The van der Waals surface area contributed by atoms with Gasteiger partial charge in [0, 0.05) is 18.3 Å². The van der Waals surface area contributed by atoms with E-state index in [0.717, 1.165) is 24.1 Å². The van der Waals surface area contributed by atoms with Gasteiger partial charge in [-0.1, -0.05) is 30.3 Å². The average Bonchev–Trinajstić information content (AvgIpc) is 3.15.